The average molecular weight is 486 g/mol. The molecule has 3 heteroatoms. The zero-order chi connectivity index (χ0) is 24.4. The van der Waals surface area contributed by atoms with Crippen LogP contribution in [-0.2, 0) is 4.57 Å². The van der Waals surface area contributed by atoms with E-state index in [1.54, 1.807) is 0 Å². The van der Waals surface area contributed by atoms with Crippen molar-refractivity contribution in [2.45, 2.75) is 18.4 Å². The summed E-state index contributed by atoms with van der Waals surface area (Å²) < 4.78 is 15.3. The Hall–Kier alpha value is -3.87. The smallest absolute Gasteiger partial charge is 0.173 e. The van der Waals surface area contributed by atoms with Crippen molar-refractivity contribution in [3.05, 3.63) is 156 Å². The van der Waals surface area contributed by atoms with E-state index < -0.39 is 7.14 Å². The van der Waals surface area contributed by atoms with E-state index in [4.69, 9.17) is 0 Å². The molecule has 6 rings (SSSR count). The number of para-hydroxylation sites is 1. The highest BCUT2D eigenvalue weighted by atomic mass is 31.2. The van der Waals surface area contributed by atoms with E-state index in [9.17, 15) is 0 Å². The molecule has 0 saturated carbocycles. The number of fused-ring (bicyclic) bond motifs is 1. The van der Waals surface area contributed by atoms with Gasteiger partial charge in [-0.2, -0.15) is 0 Å². The van der Waals surface area contributed by atoms with Gasteiger partial charge in [-0.1, -0.05) is 133 Å². The standard InChI is InChI=1S/C33H28NOP/c35-36(27-18-9-3-10-19-27,28-20-11-4-12-21-28)32-23-13-22-29-30(25-14-5-1-6-15-25)24-31(34-33(29)32)26-16-7-2-8-17-26/h1-23,30-31,34H,24H2/t30-,31+/m1/s1. The molecule has 0 unspecified atom stereocenters. The largest absolute Gasteiger partial charge is 0.377 e. The van der Waals surface area contributed by atoms with E-state index in [1.165, 1.54) is 16.7 Å². The number of hydrogen-bond donors (Lipinski definition) is 1. The summed E-state index contributed by atoms with van der Waals surface area (Å²) in [5, 5.41) is 6.43. The summed E-state index contributed by atoms with van der Waals surface area (Å²) in [6.07, 6.45) is 0.936. The van der Waals surface area contributed by atoms with Crippen molar-refractivity contribution < 1.29 is 4.57 Å². The topological polar surface area (TPSA) is 29.1 Å². The van der Waals surface area contributed by atoms with E-state index in [-0.39, 0.29) is 12.0 Å². The highest BCUT2D eigenvalue weighted by molar-refractivity contribution is 7.85. The van der Waals surface area contributed by atoms with Crippen molar-refractivity contribution >= 4 is 28.7 Å². The minimum absolute atomic E-state index is 0.116. The molecule has 5 aromatic rings. The van der Waals surface area contributed by atoms with Gasteiger partial charge in [0.2, 0.25) is 0 Å². The predicted octanol–water partition coefficient (Wildman–Crippen LogP) is 7.01. The maximum atomic E-state index is 15.3. The van der Waals surface area contributed by atoms with Gasteiger partial charge in [-0.3, -0.25) is 0 Å². The van der Waals surface area contributed by atoms with Gasteiger partial charge in [0.1, 0.15) is 0 Å². The summed E-state index contributed by atoms with van der Waals surface area (Å²) in [6, 6.07) is 47.6. The average Bonchev–Trinajstić information content (AvgIpc) is 2.97. The normalized spacial score (nSPS) is 17.1. The maximum Gasteiger partial charge on any atom is 0.173 e. The van der Waals surface area contributed by atoms with Crippen molar-refractivity contribution in [3.8, 4) is 0 Å². The highest BCUT2D eigenvalue weighted by Gasteiger charge is 2.37. The molecular weight excluding hydrogens is 457 g/mol. The van der Waals surface area contributed by atoms with Gasteiger partial charge < -0.3 is 9.88 Å². The monoisotopic (exact) mass is 485 g/mol. The molecule has 5 aromatic carbocycles. The second-order valence-electron chi connectivity index (χ2n) is 9.33. The molecular formula is C33H28NOP. The number of anilines is 1. The Labute approximate surface area is 213 Å². The first-order valence-corrected chi connectivity index (χ1v) is 14.2. The molecule has 0 bridgehead atoms. The van der Waals surface area contributed by atoms with Gasteiger partial charge in [0.05, 0.1) is 6.04 Å². The van der Waals surface area contributed by atoms with Gasteiger partial charge in [-0.25, -0.2) is 0 Å². The second-order valence-corrected chi connectivity index (χ2v) is 12.1. The fourth-order valence-corrected chi connectivity index (χ4v) is 8.32. The van der Waals surface area contributed by atoms with Crippen LogP contribution in [0.25, 0.3) is 0 Å². The Bertz CT molecular complexity index is 1460. The van der Waals surface area contributed by atoms with Gasteiger partial charge in [-0.05, 0) is 29.2 Å². The summed E-state index contributed by atoms with van der Waals surface area (Å²) in [5.74, 6) is 0.201. The first kappa shape index (κ1) is 22.6. The summed E-state index contributed by atoms with van der Waals surface area (Å²) in [6.45, 7) is 0. The molecule has 0 saturated heterocycles. The summed E-state index contributed by atoms with van der Waals surface area (Å²) in [4.78, 5) is 0. The van der Waals surface area contributed by atoms with Crippen LogP contribution >= 0.6 is 7.14 Å². The lowest BCUT2D eigenvalue weighted by Gasteiger charge is -2.36. The quantitative estimate of drug-likeness (QED) is 0.271. The Morgan fingerprint density at radius 2 is 1.06 bits per heavy atom. The molecule has 36 heavy (non-hydrogen) atoms. The third-order valence-electron chi connectivity index (χ3n) is 7.22. The molecule has 0 aromatic heterocycles. The minimum atomic E-state index is -3.14. The molecule has 1 N–H and O–H groups in total. The van der Waals surface area contributed by atoms with Gasteiger partial charge in [0, 0.05) is 27.5 Å². The van der Waals surface area contributed by atoms with E-state index in [2.05, 4.69) is 84.2 Å². The zero-order valence-corrected chi connectivity index (χ0v) is 20.9. The fraction of sp³-hybridized carbons (Fsp3) is 0.0909. The first-order chi connectivity index (χ1) is 17.7. The van der Waals surface area contributed by atoms with Crippen LogP contribution in [0, 0.1) is 0 Å². The van der Waals surface area contributed by atoms with Gasteiger partial charge in [-0.15, -0.1) is 0 Å². The van der Waals surface area contributed by atoms with Crippen molar-refractivity contribution in [2.24, 2.45) is 0 Å². The highest BCUT2D eigenvalue weighted by Crippen LogP contribution is 2.50. The molecule has 1 aliphatic heterocycles. The van der Waals surface area contributed by atoms with Crippen LogP contribution in [0.15, 0.2) is 140 Å². The lowest BCUT2D eigenvalue weighted by molar-refractivity contribution is 0.591. The molecule has 2 atom stereocenters. The number of hydrogen-bond acceptors (Lipinski definition) is 2. The van der Waals surface area contributed by atoms with Crippen molar-refractivity contribution in [1.29, 1.82) is 0 Å². The predicted molar refractivity (Wildman–Crippen MR) is 152 cm³/mol. The summed E-state index contributed by atoms with van der Waals surface area (Å²) in [5.41, 5.74) is 4.74. The molecule has 0 fully saturated rings. The number of nitrogens with one attached hydrogen (secondary N) is 1. The molecule has 0 aliphatic carbocycles. The molecule has 0 amide bonds. The molecule has 0 spiro atoms. The third-order valence-corrected chi connectivity index (χ3v) is 10.3. The molecule has 2 nitrogen and oxygen atoms in total. The summed E-state index contributed by atoms with van der Waals surface area (Å²) >= 11 is 0. The van der Waals surface area contributed by atoms with Gasteiger partial charge in [0.15, 0.2) is 7.14 Å². The Balaban J connectivity index is 1.60. The third kappa shape index (κ3) is 3.98. The van der Waals surface area contributed by atoms with Crippen LogP contribution in [0.2, 0.25) is 0 Å². The van der Waals surface area contributed by atoms with E-state index in [0.717, 1.165) is 28.0 Å². The lowest BCUT2D eigenvalue weighted by atomic mass is 9.80. The molecule has 1 heterocycles. The molecule has 0 radical (unpaired) electrons. The van der Waals surface area contributed by atoms with Crippen LogP contribution in [0.3, 0.4) is 0 Å². The Kier molecular flexibility index (Phi) is 6.05. The molecule has 176 valence electrons. The first-order valence-electron chi connectivity index (χ1n) is 12.5. The van der Waals surface area contributed by atoms with Crippen LogP contribution in [-0.4, -0.2) is 0 Å². The van der Waals surface area contributed by atoms with Crippen LogP contribution in [0.5, 0.6) is 0 Å². The SMILES string of the molecule is O=P(c1ccccc1)(c1ccccc1)c1cccc2c1N[C@H](c1ccccc1)C[C@@H]2c1ccccc1. The zero-order valence-electron chi connectivity index (χ0n) is 20.0. The van der Waals surface area contributed by atoms with Crippen LogP contribution in [0.4, 0.5) is 5.69 Å². The second kappa shape index (κ2) is 9.64. The Morgan fingerprint density at radius 3 is 1.61 bits per heavy atom. The van der Waals surface area contributed by atoms with Crippen molar-refractivity contribution in [3.63, 3.8) is 0 Å². The number of benzene rings is 5. The van der Waals surface area contributed by atoms with Crippen molar-refractivity contribution in [1.82, 2.24) is 0 Å². The van der Waals surface area contributed by atoms with Gasteiger partial charge in [0.25, 0.3) is 0 Å². The number of rotatable bonds is 5. The summed E-state index contributed by atoms with van der Waals surface area (Å²) in [7, 11) is -3.14. The lowest BCUT2D eigenvalue weighted by Crippen LogP contribution is -2.32. The maximum absolute atomic E-state index is 15.3. The van der Waals surface area contributed by atoms with Crippen LogP contribution < -0.4 is 21.2 Å². The molecule has 1 aliphatic rings. The van der Waals surface area contributed by atoms with Crippen LogP contribution in [0.1, 0.15) is 35.1 Å². The van der Waals surface area contributed by atoms with E-state index in [1.807, 2.05) is 60.7 Å². The van der Waals surface area contributed by atoms with E-state index in [0.29, 0.717) is 0 Å². The van der Waals surface area contributed by atoms with Crippen molar-refractivity contribution in [2.75, 3.05) is 5.32 Å². The van der Waals surface area contributed by atoms with Gasteiger partial charge >= 0.3 is 0 Å². The minimum Gasteiger partial charge on any atom is -0.377 e. The fourth-order valence-electron chi connectivity index (χ4n) is 5.47. The van der Waals surface area contributed by atoms with E-state index >= 15 is 4.57 Å². The Morgan fingerprint density at radius 1 is 0.556 bits per heavy atom.